The van der Waals surface area contributed by atoms with Crippen LogP contribution < -0.4 is 15.8 Å². The van der Waals surface area contributed by atoms with Gasteiger partial charge in [0.2, 0.25) is 10.0 Å². The Balaban J connectivity index is 1.86. The third-order valence-electron chi connectivity index (χ3n) is 3.85. The predicted molar refractivity (Wildman–Crippen MR) is 108 cm³/mol. The molecule has 2 aromatic rings. The SMILES string of the molecule is CCNC(=NCC(C)c1cccs1)NCCc1ccc(S(N)(=O)=O)cc1. The van der Waals surface area contributed by atoms with E-state index in [1.54, 1.807) is 23.5 Å². The smallest absolute Gasteiger partial charge is 0.238 e. The van der Waals surface area contributed by atoms with Crippen LogP contribution in [0.3, 0.4) is 0 Å². The largest absolute Gasteiger partial charge is 0.357 e. The molecule has 8 heteroatoms. The summed E-state index contributed by atoms with van der Waals surface area (Å²) in [5.41, 5.74) is 1.03. The Morgan fingerprint density at radius 2 is 1.96 bits per heavy atom. The Bertz CT molecular complexity index is 800. The molecule has 0 fully saturated rings. The van der Waals surface area contributed by atoms with E-state index < -0.39 is 10.0 Å². The number of guanidine groups is 1. The standard InChI is InChI=1S/C18H26N4O2S2/c1-3-20-18(22-13-14(2)17-5-4-12-25-17)21-11-10-15-6-8-16(9-7-15)26(19,23)24/h4-9,12,14H,3,10-11,13H2,1-2H3,(H2,19,23,24)(H2,20,21,22). The molecule has 26 heavy (non-hydrogen) atoms. The molecular formula is C18H26N4O2S2. The van der Waals surface area contributed by atoms with Gasteiger partial charge in [0, 0.05) is 23.9 Å². The molecule has 6 nitrogen and oxygen atoms in total. The first-order valence-corrected chi connectivity index (χ1v) is 11.0. The number of hydrogen-bond donors (Lipinski definition) is 3. The number of nitrogens with two attached hydrogens (primary N) is 1. The van der Waals surface area contributed by atoms with Gasteiger partial charge in [-0.25, -0.2) is 13.6 Å². The van der Waals surface area contributed by atoms with Crippen molar-refractivity contribution >= 4 is 27.3 Å². The third kappa shape index (κ3) is 6.44. The summed E-state index contributed by atoms with van der Waals surface area (Å²) in [7, 11) is -3.64. The maximum Gasteiger partial charge on any atom is 0.238 e. The lowest BCUT2D eigenvalue weighted by Crippen LogP contribution is -2.38. The second kappa shape index (κ2) is 9.70. The Hall–Kier alpha value is -1.90. The lowest BCUT2D eigenvalue weighted by molar-refractivity contribution is 0.598. The molecule has 0 aliphatic heterocycles. The van der Waals surface area contributed by atoms with Crippen molar-refractivity contribution in [3.8, 4) is 0 Å². The van der Waals surface area contributed by atoms with Gasteiger partial charge in [0.05, 0.1) is 11.4 Å². The van der Waals surface area contributed by atoms with Crippen LogP contribution in [0.4, 0.5) is 0 Å². The van der Waals surface area contributed by atoms with Crippen LogP contribution in [0.15, 0.2) is 51.7 Å². The van der Waals surface area contributed by atoms with Crippen LogP contribution in [-0.4, -0.2) is 34.0 Å². The Labute approximate surface area is 159 Å². The zero-order chi connectivity index (χ0) is 19.0. The van der Waals surface area contributed by atoms with E-state index in [0.717, 1.165) is 31.0 Å². The van der Waals surface area contributed by atoms with Crippen LogP contribution in [0.25, 0.3) is 0 Å². The van der Waals surface area contributed by atoms with Gasteiger partial charge < -0.3 is 10.6 Å². The molecule has 4 N–H and O–H groups in total. The molecule has 1 aromatic heterocycles. The van der Waals surface area contributed by atoms with Gasteiger partial charge in [-0.15, -0.1) is 11.3 Å². The molecule has 142 valence electrons. The van der Waals surface area contributed by atoms with E-state index in [1.807, 2.05) is 6.92 Å². The monoisotopic (exact) mass is 394 g/mol. The lowest BCUT2D eigenvalue weighted by atomic mass is 10.1. The second-order valence-corrected chi connectivity index (χ2v) is 8.54. The molecule has 2 rings (SSSR count). The van der Waals surface area contributed by atoms with Crippen molar-refractivity contribution in [2.45, 2.75) is 31.1 Å². The van der Waals surface area contributed by atoms with E-state index >= 15 is 0 Å². The second-order valence-electron chi connectivity index (χ2n) is 6.00. The summed E-state index contributed by atoms with van der Waals surface area (Å²) in [6, 6.07) is 10.8. The van der Waals surface area contributed by atoms with Crippen molar-refractivity contribution in [3.05, 3.63) is 52.2 Å². The highest BCUT2D eigenvalue weighted by molar-refractivity contribution is 7.89. The number of nitrogens with one attached hydrogen (secondary N) is 2. The zero-order valence-electron chi connectivity index (χ0n) is 15.1. The number of primary sulfonamides is 1. The molecule has 0 aliphatic carbocycles. The fourth-order valence-corrected chi connectivity index (χ4v) is 3.70. The summed E-state index contributed by atoms with van der Waals surface area (Å²) >= 11 is 1.75. The van der Waals surface area contributed by atoms with Crippen LogP contribution in [0.1, 0.15) is 30.2 Å². The number of thiophene rings is 1. The van der Waals surface area contributed by atoms with Crippen molar-refractivity contribution < 1.29 is 8.42 Å². The van der Waals surface area contributed by atoms with E-state index in [9.17, 15) is 8.42 Å². The highest BCUT2D eigenvalue weighted by atomic mass is 32.2. The van der Waals surface area contributed by atoms with Gasteiger partial charge in [-0.05, 0) is 42.5 Å². The Morgan fingerprint density at radius 1 is 1.23 bits per heavy atom. The minimum atomic E-state index is -3.64. The van der Waals surface area contributed by atoms with Crippen LogP contribution in [0, 0.1) is 0 Å². The average molecular weight is 395 g/mol. The first-order valence-electron chi connectivity index (χ1n) is 8.57. The van der Waals surface area contributed by atoms with Crippen LogP contribution in [-0.2, 0) is 16.4 Å². The minimum absolute atomic E-state index is 0.131. The molecule has 0 aliphatic rings. The van der Waals surface area contributed by atoms with Gasteiger partial charge in [0.1, 0.15) is 0 Å². The Kier molecular flexibility index (Phi) is 7.62. The van der Waals surface area contributed by atoms with Crippen molar-refractivity contribution in [1.29, 1.82) is 0 Å². The van der Waals surface area contributed by atoms with E-state index in [0.29, 0.717) is 12.5 Å². The third-order valence-corrected chi connectivity index (χ3v) is 5.89. The van der Waals surface area contributed by atoms with Gasteiger partial charge in [0.25, 0.3) is 0 Å². The number of nitrogens with zero attached hydrogens (tertiary/aromatic N) is 1. The maximum absolute atomic E-state index is 11.3. The van der Waals surface area contributed by atoms with E-state index in [2.05, 4.69) is 40.1 Å². The van der Waals surface area contributed by atoms with Crippen LogP contribution in [0.5, 0.6) is 0 Å². The highest BCUT2D eigenvalue weighted by Crippen LogP contribution is 2.20. The fraction of sp³-hybridized carbons (Fsp3) is 0.389. The molecule has 1 aromatic carbocycles. The van der Waals surface area contributed by atoms with Crippen molar-refractivity contribution in [1.82, 2.24) is 10.6 Å². The van der Waals surface area contributed by atoms with Crippen LogP contribution in [0.2, 0.25) is 0 Å². The molecule has 0 spiro atoms. The average Bonchev–Trinajstić information content (AvgIpc) is 3.14. The number of benzene rings is 1. The van der Waals surface area contributed by atoms with Gasteiger partial charge >= 0.3 is 0 Å². The molecule has 1 heterocycles. The quantitative estimate of drug-likeness (QED) is 0.473. The minimum Gasteiger partial charge on any atom is -0.357 e. The summed E-state index contributed by atoms with van der Waals surface area (Å²) < 4.78 is 22.5. The molecule has 0 saturated heterocycles. The summed E-state index contributed by atoms with van der Waals surface area (Å²) in [5, 5.41) is 13.8. The molecule has 1 atom stereocenters. The van der Waals surface area contributed by atoms with Crippen molar-refractivity contribution in [2.24, 2.45) is 10.1 Å². The number of aliphatic imine (C=N–C) groups is 1. The summed E-state index contributed by atoms with van der Waals surface area (Å²) in [6.45, 7) is 6.42. The first kappa shape index (κ1) is 20.4. The van der Waals surface area contributed by atoms with E-state index in [1.165, 1.54) is 17.0 Å². The summed E-state index contributed by atoms with van der Waals surface area (Å²) in [4.78, 5) is 6.12. The zero-order valence-corrected chi connectivity index (χ0v) is 16.7. The normalized spacial score (nSPS) is 13.4. The van der Waals surface area contributed by atoms with E-state index in [4.69, 9.17) is 5.14 Å². The van der Waals surface area contributed by atoms with E-state index in [-0.39, 0.29) is 4.90 Å². The number of rotatable bonds is 8. The topological polar surface area (TPSA) is 96.6 Å². The van der Waals surface area contributed by atoms with Crippen molar-refractivity contribution in [2.75, 3.05) is 19.6 Å². The first-order chi connectivity index (χ1) is 12.4. The van der Waals surface area contributed by atoms with Crippen molar-refractivity contribution in [3.63, 3.8) is 0 Å². The predicted octanol–water partition coefficient (Wildman–Crippen LogP) is 2.30. The molecule has 1 unspecified atom stereocenters. The molecule has 0 bridgehead atoms. The highest BCUT2D eigenvalue weighted by Gasteiger charge is 2.08. The van der Waals surface area contributed by atoms with Gasteiger partial charge in [-0.1, -0.05) is 25.1 Å². The number of hydrogen-bond acceptors (Lipinski definition) is 4. The summed E-state index contributed by atoms with van der Waals surface area (Å²) in [5.74, 6) is 1.17. The Morgan fingerprint density at radius 3 is 2.54 bits per heavy atom. The summed E-state index contributed by atoms with van der Waals surface area (Å²) in [6.07, 6.45) is 0.760. The maximum atomic E-state index is 11.3. The van der Waals surface area contributed by atoms with Gasteiger partial charge in [0.15, 0.2) is 5.96 Å². The lowest BCUT2D eigenvalue weighted by Gasteiger charge is -2.13. The molecule has 0 saturated carbocycles. The molecular weight excluding hydrogens is 368 g/mol. The van der Waals surface area contributed by atoms with Gasteiger partial charge in [-0.2, -0.15) is 0 Å². The molecule has 0 amide bonds. The number of sulfonamides is 1. The van der Waals surface area contributed by atoms with Crippen LogP contribution >= 0.6 is 11.3 Å². The van der Waals surface area contributed by atoms with Gasteiger partial charge in [-0.3, -0.25) is 4.99 Å². The fourth-order valence-electron chi connectivity index (χ4n) is 2.40. The molecule has 0 radical (unpaired) electrons.